The van der Waals surface area contributed by atoms with Crippen molar-refractivity contribution in [1.82, 2.24) is 4.98 Å². The van der Waals surface area contributed by atoms with Crippen LogP contribution in [0.3, 0.4) is 0 Å². The van der Waals surface area contributed by atoms with Crippen LogP contribution in [0.2, 0.25) is 15.2 Å². The van der Waals surface area contributed by atoms with Gasteiger partial charge in [0.15, 0.2) is 0 Å². The Balaban J connectivity index is 2.64. The van der Waals surface area contributed by atoms with Gasteiger partial charge < -0.3 is 0 Å². The summed E-state index contributed by atoms with van der Waals surface area (Å²) in [5.41, 5.74) is 1.78. The van der Waals surface area contributed by atoms with Crippen LogP contribution in [0.1, 0.15) is 5.56 Å². The fourth-order valence-corrected chi connectivity index (χ4v) is 2.13. The van der Waals surface area contributed by atoms with Gasteiger partial charge in [-0.2, -0.15) is 0 Å². The van der Waals surface area contributed by atoms with Gasteiger partial charge in [-0.3, -0.25) is 0 Å². The lowest BCUT2D eigenvalue weighted by Gasteiger charge is -2.06. The number of pyridine rings is 1. The standard InChI is InChI=1S/C12H7Cl3FN/c1-6-2-7(4-8(16)3-6)11-9(13)5-10(14)12(15)17-11/h2-5H,1H3. The van der Waals surface area contributed by atoms with Gasteiger partial charge in [0, 0.05) is 5.56 Å². The van der Waals surface area contributed by atoms with E-state index in [4.69, 9.17) is 34.8 Å². The summed E-state index contributed by atoms with van der Waals surface area (Å²) in [6, 6.07) is 6.05. The number of halogens is 4. The van der Waals surface area contributed by atoms with Gasteiger partial charge in [0.05, 0.1) is 15.7 Å². The van der Waals surface area contributed by atoms with Crippen LogP contribution in [0.4, 0.5) is 4.39 Å². The van der Waals surface area contributed by atoms with Crippen molar-refractivity contribution >= 4 is 34.8 Å². The smallest absolute Gasteiger partial charge is 0.148 e. The maximum Gasteiger partial charge on any atom is 0.148 e. The van der Waals surface area contributed by atoms with Crippen molar-refractivity contribution in [3.63, 3.8) is 0 Å². The molecule has 0 unspecified atom stereocenters. The Morgan fingerprint density at radius 1 is 1.00 bits per heavy atom. The lowest BCUT2D eigenvalue weighted by Crippen LogP contribution is -1.89. The Labute approximate surface area is 113 Å². The Bertz CT molecular complexity index is 564. The van der Waals surface area contributed by atoms with Crippen LogP contribution in [0.5, 0.6) is 0 Å². The maximum atomic E-state index is 13.3. The van der Waals surface area contributed by atoms with E-state index in [1.54, 1.807) is 13.0 Å². The lowest BCUT2D eigenvalue weighted by molar-refractivity contribution is 0.627. The van der Waals surface area contributed by atoms with E-state index >= 15 is 0 Å². The van der Waals surface area contributed by atoms with Crippen molar-refractivity contribution in [3.8, 4) is 11.3 Å². The molecule has 88 valence electrons. The average Bonchev–Trinajstić information content (AvgIpc) is 2.22. The number of aryl methyl sites for hydroxylation is 1. The molecule has 0 N–H and O–H groups in total. The molecule has 0 fully saturated rings. The molecule has 0 aliphatic carbocycles. The highest BCUT2D eigenvalue weighted by Crippen LogP contribution is 2.32. The largest absolute Gasteiger partial charge is 0.233 e. The molecular weight excluding hydrogens is 283 g/mol. The van der Waals surface area contributed by atoms with E-state index in [-0.39, 0.29) is 16.0 Å². The number of hydrogen-bond donors (Lipinski definition) is 0. The molecule has 17 heavy (non-hydrogen) atoms. The zero-order valence-electron chi connectivity index (χ0n) is 8.77. The van der Waals surface area contributed by atoms with Crippen molar-refractivity contribution < 1.29 is 4.39 Å². The molecule has 0 amide bonds. The first kappa shape index (κ1) is 12.6. The second-order valence-electron chi connectivity index (χ2n) is 3.61. The molecule has 0 saturated heterocycles. The minimum Gasteiger partial charge on any atom is -0.233 e. The van der Waals surface area contributed by atoms with Crippen molar-refractivity contribution in [2.24, 2.45) is 0 Å². The van der Waals surface area contributed by atoms with Crippen LogP contribution in [-0.2, 0) is 0 Å². The Hall–Kier alpha value is -0.830. The van der Waals surface area contributed by atoms with E-state index in [9.17, 15) is 4.39 Å². The number of aromatic nitrogens is 1. The molecule has 0 spiro atoms. The molecule has 0 radical (unpaired) electrons. The van der Waals surface area contributed by atoms with Crippen LogP contribution in [0.15, 0.2) is 24.3 Å². The quantitative estimate of drug-likeness (QED) is 0.661. The molecule has 1 heterocycles. The molecule has 0 atom stereocenters. The maximum absolute atomic E-state index is 13.3. The van der Waals surface area contributed by atoms with E-state index < -0.39 is 0 Å². The summed E-state index contributed by atoms with van der Waals surface area (Å²) in [6.07, 6.45) is 0. The van der Waals surface area contributed by atoms with Crippen LogP contribution in [-0.4, -0.2) is 4.98 Å². The molecule has 0 aliphatic heterocycles. The zero-order valence-corrected chi connectivity index (χ0v) is 11.0. The predicted octanol–water partition coefficient (Wildman–Crippen LogP) is 5.16. The van der Waals surface area contributed by atoms with E-state index in [1.807, 2.05) is 0 Å². The topological polar surface area (TPSA) is 12.9 Å². The first-order chi connectivity index (χ1) is 7.97. The second kappa shape index (κ2) is 4.81. The molecule has 0 bridgehead atoms. The third-order valence-electron chi connectivity index (χ3n) is 2.20. The summed E-state index contributed by atoms with van der Waals surface area (Å²) in [5.74, 6) is -0.344. The van der Waals surface area contributed by atoms with Gasteiger partial charge in [-0.05, 0) is 36.8 Å². The summed E-state index contributed by atoms with van der Waals surface area (Å²) in [5, 5.41) is 0.755. The third-order valence-corrected chi connectivity index (χ3v) is 3.16. The van der Waals surface area contributed by atoms with E-state index in [1.165, 1.54) is 18.2 Å². The monoisotopic (exact) mass is 289 g/mol. The summed E-state index contributed by atoms with van der Waals surface area (Å²) in [6.45, 7) is 1.79. The highest BCUT2D eigenvalue weighted by Gasteiger charge is 2.11. The van der Waals surface area contributed by atoms with E-state index in [0.717, 1.165) is 5.56 Å². The van der Waals surface area contributed by atoms with Crippen molar-refractivity contribution in [2.45, 2.75) is 6.92 Å². The van der Waals surface area contributed by atoms with Gasteiger partial charge in [0.2, 0.25) is 0 Å². The molecule has 2 rings (SSSR count). The second-order valence-corrected chi connectivity index (χ2v) is 4.78. The van der Waals surface area contributed by atoms with Gasteiger partial charge in [-0.15, -0.1) is 0 Å². The fourth-order valence-electron chi connectivity index (χ4n) is 1.52. The summed E-state index contributed by atoms with van der Waals surface area (Å²) in [7, 11) is 0. The normalized spacial score (nSPS) is 10.6. The zero-order chi connectivity index (χ0) is 12.6. The first-order valence-electron chi connectivity index (χ1n) is 4.76. The Kier molecular flexibility index (Phi) is 3.57. The van der Waals surface area contributed by atoms with Gasteiger partial charge >= 0.3 is 0 Å². The Morgan fingerprint density at radius 2 is 1.71 bits per heavy atom. The minimum absolute atomic E-state index is 0.146. The number of benzene rings is 1. The molecule has 0 saturated carbocycles. The lowest BCUT2D eigenvalue weighted by atomic mass is 10.1. The highest BCUT2D eigenvalue weighted by molar-refractivity contribution is 6.42. The summed E-state index contributed by atoms with van der Waals surface area (Å²) >= 11 is 17.6. The molecule has 1 aromatic heterocycles. The van der Waals surface area contributed by atoms with Gasteiger partial charge in [-0.1, -0.05) is 34.8 Å². The van der Waals surface area contributed by atoms with E-state index in [2.05, 4.69) is 4.98 Å². The molecular formula is C12H7Cl3FN. The molecule has 5 heteroatoms. The van der Waals surface area contributed by atoms with E-state index in [0.29, 0.717) is 16.3 Å². The SMILES string of the molecule is Cc1cc(F)cc(-c2nc(Cl)c(Cl)cc2Cl)c1. The summed E-state index contributed by atoms with van der Waals surface area (Å²) < 4.78 is 13.3. The van der Waals surface area contributed by atoms with Crippen LogP contribution in [0, 0.1) is 12.7 Å². The van der Waals surface area contributed by atoms with Gasteiger partial charge in [-0.25, -0.2) is 9.37 Å². The number of rotatable bonds is 1. The number of hydrogen-bond acceptors (Lipinski definition) is 1. The average molecular weight is 291 g/mol. The molecule has 0 aliphatic rings. The van der Waals surface area contributed by atoms with Crippen LogP contribution >= 0.6 is 34.8 Å². The highest BCUT2D eigenvalue weighted by atomic mass is 35.5. The van der Waals surface area contributed by atoms with Gasteiger partial charge in [0.1, 0.15) is 11.0 Å². The van der Waals surface area contributed by atoms with Crippen LogP contribution < -0.4 is 0 Å². The summed E-state index contributed by atoms with van der Waals surface area (Å²) in [4.78, 5) is 4.06. The molecule has 2 aromatic rings. The first-order valence-corrected chi connectivity index (χ1v) is 5.90. The molecule has 1 nitrogen and oxygen atoms in total. The van der Waals surface area contributed by atoms with Gasteiger partial charge in [0.25, 0.3) is 0 Å². The van der Waals surface area contributed by atoms with Crippen molar-refractivity contribution in [2.75, 3.05) is 0 Å². The Morgan fingerprint density at radius 3 is 2.35 bits per heavy atom. The minimum atomic E-state index is -0.344. The number of nitrogens with zero attached hydrogens (tertiary/aromatic N) is 1. The van der Waals surface area contributed by atoms with Crippen LogP contribution in [0.25, 0.3) is 11.3 Å². The van der Waals surface area contributed by atoms with Crippen molar-refractivity contribution in [3.05, 3.63) is 50.8 Å². The molecule has 1 aromatic carbocycles. The predicted molar refractivity (Wildman–Crippen MR) is 69.4 cm³/mol. The third kappa shape index (κ3) is 2.71. The van der Waals surface area contributed by atoms with Crippen molar-refractivity contribution in [1.29, 1.82) is 0 Å². The fraction of sp³-hybridized carbons (Fsp3) is 0.0833.